The number of aromatic nitrogens is 1. The third-order valence-electron chi connectivity index (χ3n) is 6.45. The fraction of sp³-hybridized carbons (Fsp3) is 0.345. The van der Waals surface area contributed by atoms with Gasteiger partial charge >= 0.3 is 5.97 Å². The van der Waals surface area contributed by atoms with Crippen molar-refractivity contribution in [2.75, 3.05) is 20.3 Å². The number of nitro groups is 1. The second-order valence-electron chi connectivity index (χ2n) is 9.08. The van der Waals surface area contributed by atoms with Crippen molar-refractivity contribution in [3.8, 4) is 11.5 Å². The molecule has 1 unspecified atom stereocenters. The molecule has 3 aromatic rings. The number of ether oxygens (including phenoxy) is 3. The molecule has 11 heteroatoms. The molecule has 1 aliphatic rings. The van der Waals surface area contributed by atoms with Gasteiger partial charge in [-0.1, -0.05) is 49.3 Å². The number of hydrogen-bond donors (Lipinski definition) is 0. The van der Waals surface area contributed by atoms with E-state index in [0.717, 1.165) is 30.6 Å². The molecular formula is C29H31N3O7S. The average molecular weight is 566 g/mol. The number of rotatable bonds is 11. The van der Waals surface area contributed by atoms with Crippen LogP contribution in [0.1, 0.15) is 57.2 Å². The maximum absolute atomic E-state index is 13.8. The van der Waals surface area contributed by atoms with Gasteiger partial charge in [-0.3, -0.25) is 19.5 Å². The molecule has 1 atom stereocenters. The number of benzene rings is 2. The number of unbranched alkanes of at least 4 members (excludes halogenated alkanes) is 2. The molecular weight excluding hydrogens is 534 g/mol. The molecule has 0 radical (unpaired) electrons. The van der Waals surface area contributed by atoms with Crippen molar-refractivity contribution < 1.29 is 23.9 Å². The summed E-state index contributed by atoms with van der Waals surface area (Å²) in [5, 5.41) is 11.5. The van der Waals surface area contributed by atoms with E-state index in [0.29, 0.717) is 39.7 Å². The Balaban J connectivity index is 1.88. The van der Waals surface area contributed by atoms with Crippen LogP contribution in [0.5, 0.6) is 11.5 Å². The summed E-state index contributed by atoms with van der Waals surface area (Å²) in [7, 11) is 1.53. The molecule has 2 heterocycles. The largest absolute Gasteiger partial charge is 0.493 e. The summed E-state index contributed by atoms with van der Waals surface area (Å²) in [5.74, 6) is 0.444. The van der Waals surface area contributed by atoms with Crippen LogP contribution in [0.15, 0.2) is 63.5 Å². The predicted molar refractivity (Wildman–Crippen MR) is 152 cm³/mol. The van der Waals surface area contributed by atoms with E-state index in [4.69, 9.17) is 14.2 Å². The fourth-order valence-corrected chi connectivity index (χ4v) is 5.57. The van der Waals surface area contributed by atoms with E-state index in [-0.39, 0.29) is 22.4 Å². The monoisotopic (exact) mass is 565 g/mol. The number of carbonyl (C=O) groups is 1. The first-order valence-corrected chi connectivity index (χ1v) is 13.9. The minimum absolute atomic E-state index is 0.118. The molecule has 40 heavy (non-hydrogen) atoms. The fourth-order valence-electron chi connectivity index (χ4n) is 4.53. The van der Waals surface area contributed by atoms with Crippen molar-refractivity contribution in [2.24, 2.45) is 4.99 Å². The molecule has 0 aliphatic carbocycles. The number of nitro benzene ring substituents is 1. The van der Waals surface area contributed by atoms with Gasteiger partial charge in [0.1, 0.15) is 0 Å². The minimum Gasteiger partial charge on any atom is -0.493 e. The highest BCUT2D eigenvalue weighted by atomic mass is 32.1. The maximum Gasteiger partial charge on any atom is 0.338 e. The minimum atomic E-state index is -0.855. The zero-order chi connectivity index (χ0) is 28.8. The highest BCUT2D eigenvalue weighted by molar-refractivity contribution is 7.07. The highest BCUT2D eigenvalue weighted by Gasteiger charge is 2.34. The van der Waals surface area contributed by atoms with Gasteiger partial charge in [-0.2, -0.15) is 0 Å². The van der Waals surface area contributed by atoms with E-state index in [1.165, 1.54) is 23.8 Å². The van der Waals surface area contributed by atoms with Crippen molar-refractivity contribution in [3.05, 3.63) is 94.7 Å². The van der Waals surface area contributed by atoms with E-state index in [1.807, 2.05) is 0 Å². The molecule has 210 valence electrons. The lowest BCUT2D eigenvalue weighted by molar-refractivity contribution is -0.385. The molecule has 2 aromatic carbocycles. The van der Waals surface area contributed by atoms with E-state index in [9.17, 15) is 19.7 Å². The summed E-state index contributed by atoms with van der Waals surface area (Å²) in [6.45, 7) is 6.21. The zero-order valence-corrected chi connectivity index (χ0v) is 23.7. The summed E-state index contributed by atoms with van der Waals surface area (Å²) in [4.78, 5) is 43.0. The average Bonchev–Trinajstić information content (AvgIpc) is 3.24. The second kappa shape index (κ2) is 12.7. The number of nitrogens with zero attached hydrogens (tertiary/aromatic N) is 3. The maximum atomic E-state index is 13.8. The van der Waals surface area contributed by atoms with Gasteiger partial charge in [-0.15, -0.1) is 0 Å². The molecule has 4 rings (SSSR count). The van der Waals surface area contributed by atoms with Crippen LogP contribution in [-0.2, 0) is 9.53 Å². The lowest BCUT2D eigenvalue weighted by Gasteiger charge is -2.25. The number of allylic oxidation sites excluding steroid dienone is 1. The van der Waals surface area contributed by atoms with Crippen molar-refractivity contribution in [3.63, 3.8) is 0 Å². The van der Waals surface area contributed by atoms with Gasteiger partial charge in [0.15, 0.2) is 16.3 Å². The molecule has 0 saturated heterocycles. The number of carbonyl (C=O) groups excluding carboxylic acids is 1. The SMILES string of the molecule is CCCCCOc1ccc(C2C(C(=O)OCC)=C(C)N=c3s/c(=C\c4ccccc4[N+](=O)[O-])c(=O)n32)cc1OC. The van der Waals surface area contributed by atoms with Crippen molar-refractivity contribution in [1.82, 2.24) is 4.57 Å². The molecule has 1 aromatic heterocycles. The Morgan fingerprint density at radius 2 is 1.95 bits per heavy atom. The smallest absolute Gasteiger partial charge is 0.338 e. The van der Waals surface area contributed by atoms with Crippen LogP contribution in [0, 0.1) is 10.1 Å². The Bertz CT molecular complexity index is 1640. The Morgan fingerprint density at radius 1 is 1.18 bits per heavy atom. The predicted octanol–water partition coefficient (Wildman–Crippen LogP) is 4.28. The number of hydrogen-bond acceptors (Lipinski definition) is 9. The number of fused-ring (bicyclic) bond motifs is 1. The van der Waals surface area contributed by atoms with Gasteiger partial charge in [0.25, 0.3) is 11.2 Å². The summed E-state index contributed by atoms with van der Waals surface area (Å²) < 4.78 is 18.6. The Kier molecular flexibility index (Phi) is 9.15. The summed E-state index contributed by atoms with van der Waals surface area (Å²) in [6.07, 6.45) is 4.51. The molecule has 1 aliphatic heterocycles. The summed E-state index contributed by atoms with van der Waals surface area (Å²) in [6, 6.07) is 10.6. The molecule has 0 spiro atoms. The first-order valence-electron chi connectivity index (χ1n) is 13.0. The summed E-state index contributed by atoms with van der Waals surface area (Å²) >= 11 is 1.10. The van der Waals surface area contributed by atoms with Gasteiger partial charge in [-0.05, 0) is 50.1 Å². The van der Waals surface area contributed by atoms with E-state index in [1.54, 1.807) is 50.2 Å². The summed E-state index contributed by atoms with van der Waals surface area (Å²) in [5.41, 5.74) is 0.994. The van der Waals surface area contributed by atoms with Crippen LogP contribution in [0.3, 0.4) is 0 Å². The first-order chi connectivity index (χ1) is 19.3. The van der Waals surface area contributed by atoms with Crippen LogP contribution in [0.2, 0.25) is 0 Å². The van der Waals surface area contributed by atoms with E-state index >= 15 is 0 Å². The molecule has 0 saturated carbocycles. The third kappa shape index (κ3) is 5.84. The van der Waals surface area contributed by atoms with Gasteiger partial charge in [0.05, 0.1) is 52.7 Å². The third-order valence-corrected chi connectivity index (χ3v) is 7.43. The van der Waals surface area contributed by atoms with E-state index < -0.39 is 22.5 Å². The second-order valence-corrected chi connectivity index (χ2v) is 10.1. The Hall–Kier alpha value is -4.25. The van der Waals surface area contributed by atoms with Crippen LogP contribution in [0.4, 0.5) is 5.69 Å². The number of methoxy groups -OCH3 is 1. The van der Waals surface area contributed by atoms with Crippen LogP contribution in [-0.4, -0.2) is 35.8 Å². The number of esters is 1. The van der Waals surface area contributed by atoms with Gasteiger partial charge in [0.2, 0.25) is 0 Å². The first kappa shape index (κ1) is 28.8. The standard InChI is InChI=1S/C29H31N3O7S/c1-5-7-10-15-39-22-14-13-20(16-23(22)37-4)26-25(28(34)38-6-2)18(3)30-29-31(26)27(33)24(40-29)17-19-11-8-9-12-21(19)32(35)36/h8-9,11-14,16-17,26H,5-7,10,15H2,1-4H3/b24-17-. The quantitative estimate of drug-likeness (QED) is 0.147. The molecule has 0 N–H and O–H groups in total. The van der Waals surface area contributed by atoms with Crippen LogP contribution < -0.4 is 24.4 Å². The lowest BCUT2D eigenvalue weighted by atomic mass is 9.95. The topological polar surface area (TPSA) is 122 Å². The van der Waals surface area contributed by atoms with Crippen LogP contribution >= 0.6 is 11.3 Å². The molecule has 0 amide bonds. The lowest BCUT2D eigenvalue weighted by Crippen LogP contribution is -2.40. The van der Waals surface area contributed by atoms with Crippen LogP contribution in [0.25, 0.3) is 6.08 Å². The normalized spacial score (nSPS) is 14.9. The number of para-hydroxylation sites is 1. The van der Waals surface area contributed by atoms with Gasteiger partial charge < -0.3 is 14.2 Å². The highest BCUT2D eigenvalue weighted by Crippen LogP contribution is 2.36. The van der Waals surface area contributed by atoms with Crippen molar-refractivity contribution in [1.29, 1.82) is 0 Å². The van der Waals surface area contributed by atoms with Crippen molar-refractivity contribution >= 4 is 29.1 Å². The Morgan fingerprint density at radius 3 is 2.65 bits per heavy atom. The number of thiazole rings is 1. The van der Waals surface area contributed by atoms with E-state index in [2.05, 4.69) is 11.9 Å². The van der Waals surface area contributed by atoms with Gasteiger partial charge in [-0.25, -0.2) is 9.79 Å². The zero-order valence-electron chi connectivity index (χ0n) is 22.8. The van der Waals surface area contributed by atoms with Crippen molar-refractivity contribution in [2.45, 2.75) is 46.1 Å². The van der Waals surface area contributed by atoms with Gasteiger partial charge in [0, 0.05) is 6.07 Å². The molecule has 0 fully saturated rings. The molecule has 10 nitrogen and oxygen atoms in total. The Labute approximate surface area is 235 Å². The molecule has 0 bridgehead atoms.